The Morgan fingerprint density at radius 3 is 2.68 bits per heavy atom. The average molecular weight is 382 g/mol. The Labute approximate surface area is 162 Å². The van der Waals surface area contributed by atoms with E-state index < -0.39 is 0 Å². The number of nitrogens with one attached hydrogen (secondary N) is 2. The van der Waals surface area contributed by atoms with Crippen LogP contribution >= 0.6 is 0 Å². The van der Waals surface area contributed by atoms with E-state index in [4.69, 9.17) is 9.47 Å². The molecule has 2 aromatic heterocycles. The molecule has 0 unspecified atom stereocenters. The Morgan fingerprint density at radius 1 is 1.18 bits per heavy atom. The molecule has 0 spiro atoms. The van der Waals surface area contributed by atoms with Gasteiger partial charge in [0.05, 0.1) is 19.9 Å². The molecule has 0 aliphatic carbocycles. The van der Waals surface area contributed by atoms with Crippen LogP contribution in [0.3, 0.4) is 0 Å². The Bertz CT molecular complexity index is 1040. The third-order valence-corrected chi connectivity index (χ3v) is 4.37. The van der Waals surface area contributed by atoms with Gasteiger partial charge >= 0.3 is 0 Å². The summed E-state index contributed by atoms with van der Waals surface area (Å²) in [7, 11) is 3.10. The fourth-order valence-electron chi connectivity index (χ4n) is 2.91. The largest absolute Gasteiger partial charge is 0.496 e. The number of methoxy groups -OCH3 is 2. The zero-order chi connectivity index (χ0) is 20.1. The van der Waals surface area contributed by atoms with Crippen LogP contribution in [0, 0.1) is 6.92 Å². The lowest BCUT2D eigenvalue weighted by Crippen LogP contribution is -2.31. The van der Waals surface area contributed by atoms with Crippen molar-refractivity contribution < 1.29 is 14.3 Å². The van der Waals surface area contributed by atoms with E-state index in [0.29, 0.717) is 36.0 Å². The topological polar surface area (TPSA) is 98.2 Å². The first-order chi connectivity index (χ1) is 13.5. The second-order valence-electron chi connectivity index (χ2n) is 6.15. The molecule has 8 heteroatoms. The number of aryl methyl sites for hydroxylation is 1. The van der Waals surface area contributed by atoms with E-state index in [2.05, 4.69) is 15.5 Å². The zero-order valence-corrected chi connectivity index (χ0v) is 16.0. The van der Waals surface area contributed by atoms with Gasteiger partial charge < -0.3 is 19.4 Å². The minimum Gasteiger partial charge on any atom is -0.496 e. The summed E-state index contributed by atoms with van der Waals surface area (Å²) in [5.74, 6) is 0.896. The molecule has 28 heavy (non-hydrogen) atoms. The molecule has 0 aliphatic heterocycles. The number of amides is 1. The first kappa shape index (κ1) is 19.2. The van der Waals surface area contributed by atoms with Gasteiger partial charge in [-0.25, -0.2) is 0 Å². The van der Waals surface area contributed by atoms with Crippen LogP contribution in [-0.2, 0) is 6.54 Å². The van der Waals surface area contributed by atoms with Crippen LogP contribution in [0.25, 0.3) is 11.3 Å². The van der Waals surface area contributed by atoms with Crippen molar-refractivity contribution in [3.05, 3.63) is 64.2 Å². The summed E-state index contributed by atoms with van der Waals surface area (Å²) in [5, 5.41) is 9.73. The van der Waals surface area contributed by atoms with Crippen molar-refractivity contribution in [3.63, 3.8) is 0 Å². The van der Waals surface area contributed by atoms with Gasteiger partial charge in [0.1, 0.15) is 17.2 Å². The Hall–Kier alpha value is -3.55. The van der Waals surface area contributed by atoms with Crippen molar-refractivity contribution >= 4 is 5.91 Å². The molecule has 0 bridgehead atoms. The molecule has 0 saturated carbocycles. The number of rotatable bonds is 7. The SMILES string of the molecule is COc1cc(C)n(CCNC(=O)c2cc(-c3ccccc3OC)n[nH]2)c(=O)c1. The number of ether oxygens (including phenoxy) is 2. The van der Waals surface area contributed by atoms with Crippen LogP contribution in [-0.4, -0.2) is 41.4 Å². The van der Waals surface area contributed by atoms with Crippen LogP contribution in [0.2, 0.25) is 0 Å². The predicted molar refractivity (Wildman–Crippen MR) is 105 cm³/mol. The summed E-state index contributed by atoms with van der Waals surface area (Å²) >= 11 is 0. The number of aromatic amines is 1. The van der Waals surface area contributed by atoms with Crippen LogP contribution < -0.4 is 20.3 Å². The van der Waals surface area contributed by atoms with Crippen molar-refractivity contribution in [2.45, 2.75) is 13.5 Å². The van der Waals surface area contributed by atoms with Crippen molar-refractivity contribution in [1.29, 1.82) is 0 Å². The van der Waals surface area contributed by atoms with E-state index >= 15 is 0 Å². The molecule has 2 N–H and O–H groups in total. The smallest absolute Gasteiger partial charge is 0.269 e. The van der Waals surface area contributed by atoms with E-state index in [9.17, 15) is 9.59 Å². The molecule has 8 nitrogen and oxygen atoms in total. The number of benzene rings is 1. The van der Waals surface area contributed by atoms with Gasteiger partial charge in [0.15, 0.2) is 0 Å². The molecule has 3 aromatic rings. The maximum atomic E-state index is 12.4. The molecule has 0 aliphatic rings. The number of hydrogen-bond donors (Lipinski definition) is 2. The van der Waals surface area contributed by atoms with Gasteiger partial charge in [-0.1, -0.05) is 12.1 Å². The molecular weight excluding hydrogens is 360 g/mol. The summed E-state index contributed by atoms with van der Waals surface area (Å²) in [6.07, 6.45) is 0. The Morgan fingerprint density at radius 2 is 1.96 bits per heavy atom. The van der Waals surface area contributed by atoms with E-state index in [1.807, 2.05) is 31.2 Å². The van der Waals surface area contributed by atoms with Crippen LogP contribution in [0.1, 0.15) is 16.2 Å². The molecule has 1 amide bonds. The number of aromatic nitrogens is 3. The van der Waals surface area contributed by atoms with Gasteiger partial charge in [0, 0.05) is 30.4 Å². The highest BCUT2D eigenvalue weighted by Gasteiger charge is 2.13. The Balaban J connectivity index is 1.65. The molecule has 0 radical (unpaired) electrons. The number of hydrogen-bond acceptors (Lipinski definition) is 5. The maximum Gasteiger partial charge on any atom is 0.269 e. The van der Waals surface area contributed by atoms with Gasteiger partial charge in [0.2, 0.25) is 0 Å². The minimum absolute atomic E-state index is 0.175. The predicted octanol–water partition coefficient (Wildman–Crippen LogP) is 1.99. The molecule has 1 aromatic carbocycles. The lowest BCUT2D eigenvalue weighted by molar-refractivity contribution is 0.0947. The zero-order valence-electron chi connectivity index (χ0n) is 16.0. The summed E-state index contributed by atoms with van der Waals surface area (Å²) in [6, 6.07) is 12.3. The molecule has 0 atom stereocenters. The molecule has 2 heterocycles. The van der Waals surface area contributed by atoms with Gasteiger partial charge in [-0.05, 0) is 31.2 Å². The van der Waals surface area contributed by atoms with E-state index in [1.54, 1.807) is 23.8 Å². The third kappa shape index (κ3) is 4.06. The average Bonchev–Trinajstić information content (AvgIpc) is 3.19. The highest BCUT2D eigenvalue weighted by Crippen LogP contribution is 2.28. The second-order valence-corrected chi connectivity index (χ2v) is 6.15. The number of pyridine rings is 1. The van der Waals surface area contributed by atoms with E-state index in [-0.39, 0.29) is 11.5 Å². The highest BCUT2D eigenvalue weighted by atomic mass is 16.5. The Kier molecular flexibility index (Phi) is 5.78. The van der Waals surface area contributed by atoms with Gasteiger partial charge in [0.25, 0.3) is 11.5 Å². The monoisotopic (exact) mass is 382 g/mol. The molecule has 0 fully saturated rings. The summed E-state index contributed by atoms with van der Waals surface area (Å²) < 4.78 is 12.0. The van der Waals surface area contributed by atoms with Crippen molar-refractivity contribution in [2.24, 2.45) is 0 Å². The lowest BCUT2D eigenvalue weighted by Gasteiger charge is -2.11. The van der Waals surface area contributed by atoms with Gasteiger partial charge in [-0.2, -0.15) is 5.10 Å². The first-order valence-electron chi connectivity index (χ1n) is 8.76. The number of carbonyl (C=O) groups excluding carboxylic acids is 1. The minimum atomic E-state index is -0.298. The number of carbonyl (C=O) groups is 1. The molecule has 146 valence electrons. The quantitative estimate of drug-likeness (QED) is 0.651. The van der Waals surface area contributed by atoms with Gasteiger partial charge in [-0.3, -0.25) is 14.7 Å². The molecule has 3 rings (SSSR count). The standard InChI is InChI=1S/C20H22N4O4/c1-13-10-14(27-2)11-19(25)24(13)9-8-21-20(26)17-12-16(22-23-17)15-6-4-5-7-18(15)28-3/h4-7,10-12H,8-9H2,1-3H3,(H,21,26)(H,22,23). The number of para-hydroxylation sites is 1. The summed E-state index contributed by atoms with van der Waals surface area (Å²) in [4.78, 5) is 24.5. The second kappa shape index (κ2) is 8.43. The summed E-state index contributed by atoms with van der Waals surface area (Å²) in [5.41, 5.74) is 2.33. The highest BCUT2D eigenvalue weighted by molar-refractivity contribution is 5.93. The first-order valence-corrected chi connectivity index (χ1v) is 8.76. The molecular formula is C20H22N4O4. The fraction of sp³-hybridized carbons (Fsp3) is 0.250. The van der Waals surface area contributed by atoms with Crippen molar-refractivity contribution in [3.8, 4) is 22.8 Å². The van der Waals surface area contributed by atoms with Crippen molar-refractivity contribution in [1.82, 2.24) is 20.1 Å². The van der Waals surface area contributed by atoms with Gasteiger partial charge in [-0.15, -0.1) is 0 Å². The van der Waals surface area contributed by atoms with E-state index in [0.717, 1.165) is 11.3 Å². The van der Waals surface area contributed by atoms with E-state index in [1.165, 1.54) is 13.2 Å². The third-order valence-electron chi connectivity index (χ3n) is 4.37. The van der Waals surface area contributed by atoms with Crippen LogP contribution in [0.15, 0.2) is 47.3 Å². The normalized spacial score (nSPS) is 10.5. The fourth-order valence-corrected chi connectivity index (χ4v) is 2.91. The lowest BCUT2D eigenvalue weighted by atomic mass is 10.1. The number of H-pyrrole nitrogens is 1. The van der Waals surface area contributed by atoms with Crippen LogP contribution in [0.4, 0.5) is 0 Å². The number of nitrogens with zero attached hydrogens (tertiary/aromatic N) is 2. The summed E-state index contributed by atoms with van der Waals surface area (Å²) in [6.45, 7) is 2.48. The maximum absolute atomic E-state index is 12.4. The van der Waals surface area contributed by atoms with Crippen LogP contribution in [0.5, 0.6) is 11.5 Å². The van der Waals surface area contributed by atoms with Crippen molar-refractivity contribution in [2.75, 3.05) is 20.8 Å². The molecule has 0 saturated heterocycles.